The molecule has 0 bridgehead atoms. The molecule has 0 radical (unpaired) electrons. The summed E-state index contributed by atoms with van der Waals surface area (Å²) < 4.78 is 20.9. The lowest BCUT2D eigenvalue weighted by Gasteiger charge is -2.19. The first kappa shape index (κ1) is 11.5. The van der Waals surface area contributed by atoms with E-state index in [2.05, 4.69) is 10.3 Å². The number of fused-ring (bicyclic) bond motifs is 1. The van der Waals surface area contributed by atoms with Gasteiger partial charge in [-0.15, -0.1) is 0 Å². The maximum absolute atomic E-state index is 13.6. The van der Waals surface area contributed by atoms with E-state index in [4.69, 9.17) is 4.74 Å². The van der Waals surface area contributed by atoms with Crippen LogP contribution in [0.3, 0.4) is 0 Å². The summed E-state index contributed by atoms with van der Waals surface area (Å²) in [6.07, 6.45) is 5.71. The molecule has 0 atom stereocenters. The molecule has 0 aliphatic carbocycles. The molecule has 2 aromatic rings. The molecular weight excluding hydrogens is 233 g/mol. The van der Waals surface area contributed by atoms with Crippen LogP contribution < -0.4 is 5.32 Å². The lowest BCUT2D eigenvalue weighted by atomic mass is 9.97. The van der Waals surface area contributed by atoms with E-state index < -0.39 is 0 Å². The zero-order chi connectivity index (χ0) is 12.5. The largest absolute Gasteiger partial charge is 0.385 e. The lowest BCUT2D eigenvalue weighted by Crippen LogP contribution is -2.14. The van der Waals surface area contributed by atoms with Crippen molar-refractivity contribution < 1.29 is 9.13 Å². The Balaban J connectivity index is 1.99. The first-order valence-electron chi connectivity index (χ1n) is 6.21. The van der Waals surface area contributed by atoms with Crippen LogP contribution in [0.5, 0.6) is 0 Å². The Bertz CT molecular complexity index is 561. The molecule has 3 rings (SSSR count). The van der Waals surface area contributed by atoms with Gasteiger partial charge in [0.25, 0.3) is 0 Å². The normalized spacial score (nSPS) is 17.2. The van der Waals surface area contributed by atoms with Crippen LogP contribution in [0.25, 0.3) is 5.65 Å². The number of rotatable bonds is 2. The van der Waals surface area contributed by atoms with Crippen LogP contribution >= 0.6 is 0 Å². The van der Waals surface area contributed by atoms with Crippen molar-refractivity contribution >= 4 is 11.3 Å². The number of hydrogen-bond donors (Lipinski definition) is 1. The summed E-state index contributed by atoms with van der Waals surface area (Å²) >= 11 is 0. The van der Waals surface area contributed by atoms with E-state index in [1.165, 1.54) is 6.07 Å². The van der Waals surface area contributed by atoms with Crippen molar-refractivity contribution in [3.05, 3.63) is 30.0 Å². The van der Waals surface area contributed by atoms with E-state index >= 15 is 0 Å². The summed E-state index contributed by atoms with van der Waals surface area (Å²) in [5.74, 6) is 0.161. The number of nitrogens with zero attached hydrogens (tertiary/aromatic N) is 2. The summed E-state index contributed by atoms with van der Waals surface area (Å²) in [7, 11) is 1.71. The fourth-order valence-corrected chi connectivity index (χ4v) is 2.40. The number of nitrogens with one attached hydrogen (secondary N) is 1. The van der Waals surface area contributed by atoms with E-state index in [-0.39, 0.29) is 5.82 Å². The molecule has 0 amide bonds. The second-order valence-corrected chi connectivity index (χ2v) is 4.60. The highest BCUT2D eigenvalue weighted by molar-refractivity contribution is 5.52. The van der Waals surface area contributed by atoms with Gasteiger partial charge >= 0.3 is 0 Å². The van der Waals surface area contributed by atoms with E-state index in [1.807, 2.05) is 10.6 Å². The van der Waals surface area contributed by atoms with Gasteiger partial charge in [-0.1, -0.05) is 0 Å². The minimum Gasteiger partial charge on any atom is -0.385 e. The topological polar surface area (TPSA) is 38.6 Å². The van der Waals surface area contributed by atoms with Gasteiger partial charge in [-0.25, -0.2) is 9.37 Å². The van der Waals surface area contributed by atoms with Crippen LogP contribution in [0, 0.1) is 5.82 Å². The van der Waals surface area contributed by atoms with Gasteiger partial charge in [-0.05, 0) is 12.8 Å². The number of imidazole rings is 1. The zero-order valence-corrected chi connectivity index (χ0v) is 10.3. The third-order valence-electron chi connectivity index (χ3n) is 3.47. The zero-order valence-electron chi connectivity index (χ0n) is 10.3. The second kappa shape index (κ2) is 4.57. The van der Waals surface area contributed by atoms with Gasteiger partial charge in [-0.2, -0.15) is 0 Å². The van der Waals surface area contributed by atoms with E-state index in [0.29, 0.717) is 17.3 Å². The van der Waals surface area contributed by atoms with Crippen molar-refractivity contribution in [2.24, 2.45) is 0 Å². The van der Waals surface area contributed by atoms with E-state index in [0.717, 1.165) is 31.7 Å². The molecule has 4 nitrogen and oxygen atoms in total. The average Bonchev–Trinajstić information content (AvgIpc) is 2.81. The Morgan fingerprint density at radius 3 is 2.89 bits per heavy atom. The van der Waals surface area contributed by atoms with Gasteiger partial charge in [0.05, 0.1) is 11.4 Å². The highest BCUT2D eigenvalue weighted by atomic mass is 19.1. The Labute approximate surface area is 105 Å². The molecule has 0 unspecified atom stereocenters. The SMILES string of the molecule is CNc1cn2cc(C3CCOCC3)nc2cc1F. The van der Waals surface area contributed by atoms with Gasteiger partial charge in [0.15, 0.2) is 5.82 Å². The molecule has 1 N–H and O–H groups in total. The van der Waals surface area contributed by atoms with E-state index in [9.17, 15) is 4.39 Å². The van der Waals surface area contributed by atoms with Crippen molar-refractivity contribution in [1.29, 1.82) is 0 Å². The van der Waals surface area contributed by atoms with Crippen molar-refractivity contribution in [3.63, 3.8) is 0 Å². The van der Waals surface area contributed by atoms with Crippen LogP contribution in [0.2, 0.25) is 0 Å². The Kier molecular flexibility index (Phi) is 2.91. The maximum Gasteiger partial charge on any atom is 0.151 e. The third-order valence-corrected chi connectivity index (χ3v) is 3.47. The average molecular weight is 249 g/mol. The number of pyridine rings is 1. The fourth-order valence-electron chi connectivity index (χ4n) is 2.40. The molecule has 1 saturated heterocycles. The summed E-state index contributed by atoms with van der Waals surface area (Å²) in [6.45, 7) is 1.57. The predicted octanol–water partition coefficient (Wildman–Crippen LogP) is 2.41. The Morgan fingerprint density at radius 2 is 2.17 bits per heavy atom. The van der Waals surface area contributed by atoms with Crippen molar-refractivity contribution in [2.75, 3.05) is 25.6 Å². The second-order valence-electron chi connectivity index (χ2n) is 4.60. The van der Waals surface area contributed by atoms with Crippen LogP contribution in [-0.4, -0.2) is 29.6 Å². The monoisotopic (exact) mass is 249 g/mol. The molecule has 5 heteroatoms. The molecule has 0 spiro atoms. The number of halogens is 1. The van der Waals surface area contributed by atoms with E-state index in [1.54, 1.807) is 13.2 Å². The quantitative estimate of drug-likeness (QED) is 0.888. The fraction of sp³-hybridized carbons (Fsp3) is 0.462. The Hall–Kier alpha value is -1.62. The molecule has 96 valence electrons. The Morgan fingerprint density at radius 1 is 1.39 bits per heavy atom. The highest BCUT2D eigenvalue weighted by Gasteiger charge is 2.19. The number of aromatic nitrogens is 2. The smallest absolute Gasteiger partial charge is 0.151 e. The maximum atomic E-state index is 13.6. The molecule has 3 heterocycles. The molecule has 1 aliphatic rings. The molecule has 0 aromatic carbocycles. The van der Waals surface area contributed by atoms with Gasteiger partial charge in [0, 0.05) is 44.6 Å². The van der Waals surface area contributed by atoms with Gasteiger partial charge in [-0.3, -0.25) is 0 Å². The molecule has 1 fully saturated rings. The number of ether oxygens (including phenoxy) is 1. The molecule has 2 aromatic heterocycles. The summed E-state index contributed by atoms with van der Waals surface area (Å²) in [6, 6.07) is 1.47. The minimum atomic E-state index is -0.269. The summed E-state index contributed by atoms with van der Waals surface area (Å²) in [4.78, 5) is 4.51. The predicted molar refractivity (Wildman–Crippen MR) is 67.5 cm³/mol. The molecule has 0 saturated carbocycles. The van der Waals surface area contributed by atoms with Crippen molar-refractivity contribution in [1.82, 2.24) is 9.38 Å². The highest BCUT2D eigenvalue weighted by Crippen LogP contribution is 2.27. The number of anilines is 1. The summed E-state index contributed by atoms with van der Waals surface area (Å²) in [5, 5.41) is 2.83. The van der Waals surface area contributed by atoms with Gasteiger partial charge < -0.3 is 14.5 Å². The first-order valence-corrected chi connectivity index (χ1v) is 6.21. The van der Waals surface area contributed by atoms with Crippen LogP contribution in [0.1, 0.15) is 24.5 Å². The lowest BCUT2D eigenvalue weighted by molar-refractivity contribution is 0.0846. The summed E-state index contributed by atoms with van der Waals surface area (Å²) in [5.41, 5.74) is 2.18. The first-order chi connectivity index (χ1) is 8.78. The van der Waals surface area contributed by atoms with Crippen molar-refractivity contribution in [2.45, 2.75) is 18.8 Å². The number of hydrogen-bond acceptors (Lipinski definition) is 3. The van der Waals surface area contributed by atoms with Crippen LogP contribution in [0.15, 0.2) is 18.5 Å². The standard InChI is InChI=1S/C13H16FN3O/c1-15-12-8-17-7-11(9-2-4-18-5-3-9)16-13(17)6-10(12)14/h6-9,15H,2-5H2,1H3. The van der Waals surface area contributed by atoms with Crippen LogP contribution in [0.4, 0.5) is 10.1 Å². The molecular formula is C13H16FN3O. The molecule has 1 aliphatic heterocycles. The van der Waals surface area contributed by atoms with Gasteiger partial charge in [0.1, 0.15) is 5.65 Å². The molecule has 18 heavy (non-hydrogen) atoms. The van der Waals surface area contributed by atoms with Gasteiger partial charge in [0.2, 0.25) is 0 Å². The minimum absolute atomic E-state index is 0.269. The third kappa shape index (κ3) is 1.95. The van der Waals surface area contributed by atoms with Crippen LogP contribution in [-0.2, 0) is 4.74 Å². The van der Waals surface area contributed by atoms with Crippen molar-refractivity contribution in [3.8, 4) is 0 Å².